The molecule has 0 fully saturated rings. The molecule has 7 atom stereocenters. The van der Waals surface area contributed by atoms with E-state index in [9.17, 15) is 61.5 Å². The molecule has 8 amide bonds. The van der Waals surface area contributed by atoms with Gasteiger partial charge in [0.1, 0.15) is 42.0 Å². The Morgan fingerprint density at radius 2 is 1.07 bits per heavy atom. The minimum Gasteiger partial charge on any atom is -0.481 e. The van der Waals surface area contributed by atoms with Crippen LogP contribution in [-0.2, 0) is 77.6 Å². The Bertz CT molecular complexity index is 2800. The number of hydrogen-bond acceptors (Lipinski definition) is 16. The molecule has 4 aromatic rings. The van der Waals surface area contributed by atoms with Crippen LogP contribution in [0.2, 0.25) is 0 Å². The molecule has 0 saturated carbocycles. The maximum Gasteiger partial charge on any atom is 0.446 e. The van der Waals surface area contributed by atoms with Gasteiger partial charge in [0, 0.05) is 47.9 Å². The van der Waals surface area contributed by atoms with Crippen LogP contribution in [-0.4, -0.2) is 148 Å². The summed E-state index contributed by atoms with van der Waals surface area (Å²) in [6.45, 7) is -0.808. The summed E-state index contributed by atoms with van der Waals surface area (Å²) >= 11 is 8.31. The first kappa shape index (κ1) is 58.8. The lowest BCUT2D eigenvalue weighted by Gasteiger charge is -2.25. The molecule has 26 nitrogen and oxygen atoms in total. The number of amides is 8. The standard InChI is InChI=1S/C45H54N10O16S3/c46-28(17-37(57)58)40(62)52-31(15-24-10-12-26(13-11-24)71-74(68,69)70)42(64)54-34(21-72)41(63)49-20-36(56)50-32(16-25-19-48-29-9-5-4-8-27(25)29)43(65)55-35(22-73)45(67)53-33(18-38(59)60)44(66)51-30(39(47)61)14-23-6-2-1-3-7-23/h1-13,19,28,30-35,48,72-73H,14-18,20-22,46H2,(H2,47,61)(H,49,63)(H,50,56)(H,51,66)(H,52,62)(H,53,67)(H,54,64)(H,55,65)(H,57,58)(H,59,60)(H,68,69,70)/t28-,30-,31-,32-,33-,34-,35-/m0/s1. The van der Waals surface area contributed by atoms with E-state index in [4.69, 9.17) is 21.1 Å². The summed E-state index contributed by atoms with van der Waals surface area (Å²) in [6, 6.07) is 9.49. The van der Waals surface area contributed by atoms with Crippen molar-refractivity contribution >= 4 is 106 Å². The van der Waals surface area contributed by atoms with Crippen LogP contribution < -0.4 is 52.9 Å². The number of aromatic amines is 1. The Hall–Kier alpha value is -7.73. The van der Waals surface area contributed by atoms with Crippen molar-refractivity contribution in [2.75, 3.05) is 18.1 Å². The van der Waals surface area contributed by atoms with Gasteiger partial charge in [0.15, 0.2) is 0 Å². The molecule has 1 heterocycles. The minimum absolute atomic E-state index is 0.0534. The Labute approximate surface area is 433 Å². The third-order valence-electron chi connectivity index (χ3n) is 10.7. The third-order valence-corrected chi connectivity index (χ3v) is 11.8. The van der Waals surface area contributed by atoms with E-state index in [1.807, 2.05) is 0 Å². The lowest BCUT2D eigenvalue weighted by molar-refractivity contribution is -0.141. The number of thiol groups is 2. The molecular formula is C45H54N10O16S3. The molecule has 0 aliphatic heterocycles. The second-order valence-electron chi connectivity index (χ2n) is 16.3. The Morgan fingerprint density at radius 1 is 0.581 bits per heavy atom. The Kier molecular flexibility index (Phi) is 22.2. The molecule has 4 rings (SSSR count). The first-order valence-corrected chi connectivity index (χ1v) is 24.7. The maximum absolute atomic E-state index is 14.0. The molecule has 74 heavy (non-hydrogen) atoms. The Morgan fingerprint density at radius 3 is 1.65 bits per heavy atom. The molecular weight excluding hydrogens is 1030 g/mol. The van der Waals surface area contributed by atoms with Gasteiger partial charge in [-0.25, -0.2) is 0 Å². The monoisotopic (exact) mass is 1090 g/mol. The van der Waals surface area contributed by atoms with Gasteiger partial charge in [-0.3, -0.25) is 52.5 Å². The number of aromatic nitrogens is 1. The minimum atomic E-state index is -4.87. The van der Waals surface area contributed by atoms with Crippen LogP contribution in [0.5, 0.6) is 5.75 Å². The number of rotatable bonds is 29. The Balaban J connectivity index is 1.48. The zero-order valence-electron chi connectivity index (χ0n) is 38.9. The van der Waals surface area contributed by atoms with Gasteiger partial charge < -0.3 is 68.1 Å². The molecule has 3 aromatic carbocycles. The lowest BCUT2D eigenvalue weighted by Crippen LogP contribution is -2.60. The van der Waals surface area contributed by atoms with Gasteiger partial charge in [-0.1, -0.05) is 60.7 Å². The predicted molar refractivity (Wildman–Crippen MR) is 268 cm³/mol. The first-order valence-electron chi connectivity index (χ1n) is 22.1. The van der Waals surface area contributed by atoms with E-state index in [1.165, 1.54) is 12.1 Å². The average Bonchev–Trinajstić information content (AvgIpc) is 3.75. The molecule has 0 bridgehead atoms. The normalized spacial score (nSPS) is 14.0. The summed E-state index contributed by atoms with van der Waals surface area (Å²) in [5, 5.41) is 36.0. The summed E-state index contributed by atoms with van der Waals surface area (Å²) in [5.74, 6) is -12.1. The highest BCUT2D eigenvalue weighted by Crippen LogP contribution is 2.20. The maximum atomic E-state index is 14.0. The van der Waals surface area contributed by atoms with E-state index >= 15 is 0 Å². The highest BCUT2D eigenvalue weighted by atomic mass is 32.3. The third kappa shape index (κ3) is 19.0. The number of para-hydroxylation sites is 1. The van der Waals surface area contributed by atoms with Crippen molar-refractivity contribution in [3.8, 4) is 5.75 Å². The van der Waals surface area contributed by atoms with Crippen LogP contribution in [0.3, 0.4) is 0 Å². The smallest absolute Gasteiger partial charge is 0.446 e. The van der Waals surface area contributed by atoms with Gasteiger partial charge in [0.25, 0.3) is 0 Å². The van der Waals surface area contributed by atoms with Crippen LogP contribution in [0.25, 0.3) is 10.9 Å². The van der Waals surface area contributed by atoms with Crippen LogP contribution in [0.15, 0.2) is 85.1 Å². The number of hydrogen-bond donors (Lipinski definition) is 15. The number of nitrogens with two attached hydrogens (primary N) is 2. The molecule has 0 radical (unpaired) electrons. The zero-order valence-corrected chi connectivity index (χ0v) is 41.5. The number of carboxylic acid groups (broad SMARTS) is 2. The van der Waals surface area contributed by atoms with Gasteiger partial charge in [-0.05, 0) is 34.9 Å². The summed E-state index contributed by atoms with van der Waals surface area (Å²) < 4.78 is 35.6. The van der Waals surface area contributed by atoms with Gasteiger partial charge in [0.2, 0.25) is 47.3 Å². The number of aliphatic carboxylic acids is 2. The second-order valence-corrected chi connectivity index (χ2v) is 18.1. The molecule has 15 N–H and O–H groups in total. The van der Waals surface area contributed by atoms with E-state index in [2.05, 4.69) is 71.6 Å². The molecule has 29 heteroatoms. The fourth-order valence-electron chi connectivity index (χ4n) is 7.01. The zero-order chi connectivity index (χ0) is 54.7. The summed E-state index contributed by atoms with van der Waals surface area (Å²) in [5.41, 5.74) is 13.3. The highest BCUT2D eigenvalue weighted by Gasteiger charge is 2.33. The van der Waals surface area contributed by atoms with Crippen molar-refractivity contribution in [3.05, 3.63) is 102 Å². The van der Waals surface area contributed by atoms with Crippen molar-refractivity contribution < 1.29 is 75.3 Å². The molecule has 0 aliphatic carbocycles. The summed E-state index contributed by atoms with van der Waals surface area (Å²) in [6.07, 6.45) is -0.773. The number of fused-ring (bicyclic) bond motifs is 1. The van der Waals surface area contributed by atoms with E-state index < -0.39 is 137 Å². The number of H-pyrrole nitrogens is 1. The van der Waals surface area contributed by atoms with Crippen molar-refractivity contribution in [2.45, 2.75) is 74.4 Å². The lowest BCUT2D eigenvalue weighted by atomic mass is 10.0. The van der Waals surface area contributed by atoms with E-state index in [1.54, 1.807) is 60.8 Å². The first-order chi connectivity index (χ1) is 35.0. The second kappa shape index (κ2) is 27.9. The van der Waals surface area contributed by atoms with Crippen LogP contribution >= 0.6 is 25.3 Å². The number of carboxylic acids is 2. The number of benzene rings is 3. The van der Waals surface area contributed by atoms with Crippen molar-refractivity contribution in [1.82, 2.24) is 42.2 Å². The van der Waals surface area contributed by atoms with Crippen LogP contribution in [0.1, 0.15) is 29.5 Å². The van der Waals surface area contributed by atoms with Crippen molar-refractivity contribution in [2.24, 2.45) is 11.5 Å². The highest BCUT2D eigenvalue weighted by molar-refractivity contribution is 7.81. The number of primary amides is 1. The molecule has 0 aliphatic rings. The summed E-state index contributed by atoms with van der Waals surface area (Å²) in [7, 11) is -4.87. The number of nitrogens with one attached hydrogen (secondary N) is 8. The van der Waals surface area contributed by atoms with E-state index in [0.717, 1.165) is 12.1 Å². The van der Waals surface area contributed by atoms with Crippen molar-refractivity contribution in [1.29, 1.82) is 0 Å². The van der Waals surface area contributed by atoms with E-state index in [-0.39, 0.29) is 36.3 Å². The van der Waals surface area contributed by atoms with Crippen LogP contribution in [0, 0.1) is 0 Å². The average molecular weight is 1090 g/mol. The fourth-order valence-corrected chi connectivity index (χ4v) is 7.88. The summed E-state index contributed by atoms with van der Waals surface area (Å²) in [4.78, 5) is 133. The molecule has 1 aromatic heterocycles. The number of carbonyl (C=O) groups is 10. The molecule has 398 valence electrons. The molecule has 0 spiro atoms. The van der Waals surface area contributed by atoms with Gasteiger partial charge in [-0.15, -0.1) is 0 Å². The SMILES string of the molecule is NC(=O)[C@H](Cc1ccccc1)NC(=O)[C@H](CC(=O)O)NC(=O)[C@H](CS)NC(=O)[C@H](Cc1c[nH]c2ccccc12)NC(=O)CNC(=O)[C@H](CS)NC(=O)[C@H](Cc1ccc(OS(=O)(=O)O)cc1)NC(=O)[C@@H](N)CC(=O)O. The number of carbonyl (C=O) groups excluding carboxylic acids is 8. The quantitative estimate of drug-likeness (QED) is 0.0191. The predicted octanol–water partition coefficient (Wildman–Crippen LogP) is -2.98. The fraction of sp³-hybridized carbons (Fsp3) is 0.333. The largest absolute Gasteiger partial charge is 0.481 e. The van der Waals surface area contributed by atoms with Gasteiger partial charge >= 0.3 is 22.3 Å². The van der Waals surface area contributed by atoms with Crippen molar-refractivity contribution in [3.63, 3.8) is 0 Å². The van der Waals surface area contributed by atoms with E-state index in [0.29, 0.717) is 22.0 Å². The van der Waals surface area contributed by atoms with Gasteiger partial charge in [0.05, 0.1) is 25.4 Å². The topological polar surface area (TPSA) is 427 Å². The molecule has 0 unspecified atom stereocenters. The molecule has 0 saturated heterocycles. The van der Waals surface area contributed by atoms with Gasteiger partial charge in [-0.2, -0.15) is 33.7 Å². The van der Waals surface area contributed by atoms with Crippen LogP contribution in [0.4, 0.5) is 0 Å².